The molecule has 0 aliphatic rings. The van der Waals surface area contributed by atoms with Crippen molar-refractivity contribution >= 4 is 0 Å². The van der Waals surface area contributed by atoms with Gasteiger partial charge in [0, 0.05) is 0 Å². The normalized spacial score (nSPS) is 11.4. The molecular formula is C28H56. The maximum atomic E-state index is 3.88. The van der Waals surface area contributed by atoms with Gasteiger partial charge in [0.15, 0.2) is 0 Å². The van der Waals surface area contributed by atoms with Crippen LogP contribution in [0.1, 0.15) is 167 Å². The zero-order valence-electron chi connectivity index (χ0n) is 20.0. The fourth-order valence-corrected chi connectivity index (χ4v) is 4.19. The van der Waals surface area contributed by atoms with Gasteiger partial charge in [0.25, 0.3) is 0 Å². The molecule has 0 aromatic rings. The van der Waals surface area contributed by atoms with Gasteiger partial charge in [0.2, 0.25) is 0 Å². The van der Waals surface area contributed by atoms with Crippen LogP contribution in [-0.2, 0) is 0 Å². The van der Waals surface area contributed by atoms with Gasteiger partial charge in [-0.25, -0.2) is 0 Å². The first-order valence-corrected chi connectivity index (χ1v) is 13.5. The number of hydrogen-bond acceptors (Lipinski definition) is 0. The number of unbranched alkanes of at least 4 members (excludes halogenated alkanes) is 25. The molecule has 0 amide bonds. The van der Waals surface area contributed by atoms with Gasteiger partial charge in [0.05, 0.1) is 0 Å². The summed E-state index contributed by atoms with van der Waals surface area (Å²) in [4.78, 5) is 0. The van der Waals surface area contributed by atoms with Crippen molar-refractivity contribution in [2.75, 3.05) is 0 Å². The zero-order valence-corrected chi connectivity index (χ0v) is 20.0. The predicted molar refractivity (Wildman–Crippen MR) is 131 cm³/mol. The molecule has 0 fully saturated rings. The topological polar surface area (TPSA) is 0 Å². The van der Waals surface area contributed by atoms with Gasteiger partial charge in [-0.1, -0.05) is 174 Å². The SMILES string of the molecule is [CH2]CC[CH]CCCCCCCCCCCCCCCCCCCCCCCC. The van der Waals surface area contributed by atoms with Crippen molar-refractivity contribution in [1.29, 1.82) is 0 Å². The summed E-state index contributed by atoms with van der Waals surface area (Å²) in [5, 5.41) is 0. The van der Waals surface area contributed by atoms with E-state index in [-0.39, 0.29) is 0 Å². The monoisotopic (exact) mass is 392 g/mol. The van der Waals surface area contributed by atoms with Crippen molar-refractivity contribution in [3.05, 3.63) is 13.3 Å². The minimum absolute atomic E-state index is 1.07. The minimum Gasteiger partial charge on any atom is -0.0654 e. The predicted octanol–water partition coefficient (Wildman–Crippen LogP) is 10.8. The van der Waals surface area contributed by atoms with Gasteiger partial charge in [-0.2, -0.15) is 0 Å². The van der Waals surface area contributed by atoms with Crippen LogP contribution in [-0.4, -0.2) is 0 Å². The van der Waals surface area contributed by atoms with Crippen molar-refractivity contribution in [3.63, 3.8) is 0 Å². The van der Waals surface area contributed by atoms with Crippen LogP contribution in [0.15, 0.2) is 0 Å². The van der Waals surface area contributed by atoms with E-state index in [4.69, 9.17) is 0 Å². The maximum absolute atomic E-state index is 3.88. The molecule has 28 heavy (non-hydrogen) atoms. The Hall–Kier alpha value is 0. The summed E-state index contributed by atoms with van der Waals surface area (Å²) in [7, 11) is 0. The third kappa shape index (κ3) is 26.0. The summed E-state index contributed by atoms with van der Waals surface area (Å²) >= 11 is 0. The molecule has 0 aliphatic heterocycles. The molecule has 0 rings (SSSR count). The molecule has 0 saturated carbocycles. The molecule has 0 N–H and O–H groups in total. The van der Waals surface area contributed by atoms with Gasteiger partial charge in [-0.05, 0) is 6.42 Å². The summed E-state index contributed by atoms with van der Waals surface area (Å²) in [6.07, 6.45) is 38.3. The molecule has 0 aromatic carbocycles. The lowest BCUT2D eigenvalue weighted by molar-refractivity contribution is 0.519. The smallest absolute Gasteiger partial charge is 0.0386 e. The van der Waals surface area contributed by atoms with E-state index < -0.39 is 0 Å². The second-order valence-electron chi connectivity index (χ2n) is 9.14. The van der Waals surface area contributed by atoms with Crippen LogP contribution in [0, 0.1) is 13.3 Å². The van der Waals surface area contributed by atoms with Gasteiger partial charge in [-0.3, -0.25) is 0 Å². The van der Waals surface area contributed by atoms with E-state index >= 15 is 0 Å². The highest BCUT2D eigenvalue weighted by Crippen LogP contribution is 2.15. The average molecular weight is 393 g/mol. The van der Waals surface area contributed by atoms with E-state index in [0.29, 0.717) is 0 Å². The van der Waals surface area contributed by atoms with Gasteiger partial charge >= 0.3 is 0 Å². The molecule has 0 atom stereocenters. The number of rotatable bonds is 25. The standard InChI is InChI=1S/C28H56/c1-3-5-7-9-11-13-15-17-19-21-23-25-27-28-26-24-22-20-18-16-14-12-10-8-6-4-2/h7H,1,3-6,8-28H2,2H3. The fourth-order valence-electron chi connectivity index (χ4n) is 4.19. The summed E-state index contributed by atoms with van der Waals surface area (Å²) < 4.78 is 0. The molecule has 2 radical (unpaired) electrons. The molecule has 168 valence electrons. The third-order valence-electron chi connectivity index (χ3n) is 6.17. The summed E-state index contributed by atoms with van der Waals surface area (Å²) in [5.74, 6) is 0. The molecule has 0 heterocycles. The van der Waals surface area contributed by atoms with Crippen molar-refractivity contribution < 1.29 is 0 Å². The molecule has 0 heteroatoms. The molecule has 0 aromatic heterocycles. The van der Waals surface area contributed by atoms with Crippen LogP contribution in [0.2, 0.25) is 0 Å². The van der Waals surface area contributed by atoms with Gasteiger partial charge in [0.1, 0.15) is 0 Å². The lowest BCUT2D eigenvalue weighted by atomic mass is 10.0. The molecule has 0 unspecified atom stereocenters. The van der Waals surface area contributed by atoms with Crippen molar-refractivity contribution in [3.8, 4) is 0 Å². The zero-order chi connectivity index (χ0) is 20.4. The van der Waals surface area contributed by atoms with E-state index in [9.17, 15) is 0 Å². The summed E-state index contributed by atoms with van der Waals surface area (Å²) in [5.41, 5.74) is 0. The van der Waals surface area contributed by atoms with Crippen LogP contribution in [0.4, 0.5) is 0 Å². The third-order valence-corrected chi connectivity index (χ3v) is 6.17. The first-order valence-electron chi connectivity index (χ1n) is 13.5. The largest absolute Gasteiger partial charge is 0.0654 e. The molecule has 0 saturated heterocycles. The second-order valence-corrected chi connectivity index (χ2v) is 9.14. The van der Waals surface area contributed by atoms with E-state index in [1.165, 1.54) is 154 Å². The average Bonchev–Trinajstić information content (AvgIpc) is 2.71. The van der Waals surface area contributed by atoms with Gasteiger partial charge in [-0.15, -0.1) is 0 Å². The Morgan fingerprint density at radius 2 is 0.679 bits per heavy atom. The van der Waals surface area contributed by atoms with Gasteiger partial charge < -0.3 is 0 Å². The van der Waals surface area contributed by atoms with Crippen LogP contribution in [0.25, 0.3) is 0 Å². The Morgan fingerprint density at radius 1 is 0.393 bits per heavy atom. The van der Waals surface area contributed by atoms with E-state index in [2.05, 4.69) is 20.3 Å². The Balaban J connectivity index is 2.96. The first-order chi connectivity index (χ1) is 13.9. The van der Waals surface area contributed by atoms with E-state index in [1.54, 1.807) is 0 Å². The number of hydrogen-bond donors (Lipinski definition) is 0. The molecule has 0 spiro atoms. The van der Waals surface area contributed by atoms with Crippen molar-refractivity contribution in [2.45, 2.75) is 167 Å². The van der Waals surface area contributed by atoms with Crippen molar-refractivity contribution in [1.82, 2.24) is 0 Å². The highest BCUT2D eigenvalue weighted by Gasteiger charge is 1.96. The van der Waals surface area contributed by atoms with E-state index in [0.717, 1.165) is 6.42 Å². The quantitative estimate of drug-likeness (QED) is 0.135. The van der Waals surface area contributed by atoms with E-state index in [1.807, 2.05) is 0 Å². The lowest BCUT2D eigenvalue weighted by Crippen LogP contribution is -1.84. The Kier molecular flexibility index (Phi) is 27.0. The molecule has 0 bridgehead atoms. The van der Waals surface area contributed by atoms with Crippen LogP contribution >= 0.6 is 0 Å². The summed E-state index contributed by atoms with van der Waals surface area (Å²) in [6.45, 7) is 6.19. The Morgan fingerprint density at radius 3 is 0.964 bits per heavy atom. The highest BCUT2D eigenvalue weighted by atomic mass is 14.0. The van der Waals surface area contributed by atoms with Crippen molar-refractivity contribution in [2.24, 2.45) is 0 Å². The fraction of sp³-hybridized carbons (Fsp3) is 0.929. The highest BCUT2D eigenvalue weighted by molar-refractivity contribution is 4.64. The lowest BCUT2D eigenvalue weighted by Gasteiger charge is -2.04. The molecule has 0 nitrogen and oxygen atoms in total. The summed E-state index contributed by atoms with van der Waals surface area (Å²) in [6, 6.07) is 0. The molecule has 0 aliphatic carbocycles. The van der Waals surface area contributed by atoms with Crippen LogP contribution in [0.5, 0.6) is 0 Å². The molecular weight excluding hydrogens is 336 g/mol. The minimum atomic E-state index is 1.07. The second kappa shape index (κ2) is 27.0. The van der Waals surface area contributed by atoms with Crippen LogP contribution in [0.3, 0.4) is 0 Å². The Labute approximate surface area is 181 Å². The maximum Gasteiger partial charge on any atom is -0.0386 e. The van der Waals surface area contributed by atoms with Crippen LogP contribution < -0.4 is 0 Å². The first kappa shape index (κ1) is 28.0. The Bertz CT molecular complexity index is 218.